The Morgan fingerprint density at radius 2 is 1.77 bits per heavy atom. The highest BCUT2D eigenvalue weighted by Gasteiger charge is 2.83. The lowest BCUT2D eigenvalue weighted by molar-refractivity contribution is -0.376. The van der Waals surface area contributed by atoms with Gasteiger partial charge in [-0.05, 0) is 6.07 Å². The molecule has 3 unspecified atom stereocenters. The number of ether oxygens (including phenoxy) is 1. The topological polar surface area (TPSA) is 58.6 Å². The van der Waals surface area contributed by atoms with Crippen molar-refractivity contribution in [2.24, 2.45) is 0 Å². The van der Waals surface area contributed by atoms with Crippen LogP contribution in [-0.4, -0.2) is 28.9 Å². The highest BCUT2D eigenvalue weighted by Crippen LogP contribution is 2.54. The predicted octanol–water partition coefficient (Wildman–Crippen LogP) is 3.13. The van der Waals surface area contributed by atoms with Crippen LogP contribution in [0.25, 0.3) is 0 Å². The van der Waals surface area contributed by atoms with Gasteiger partial charge < -0.3 is 5.11 Å². The lowest BCUT2D eigenvalue weighted by atomic mass is 10.1. The van der Waals surface area contributed by atoms with Gasteiger partial charge in [0.05, 0.1) is 0 Å². The highest BCUT2D eigenvalue weighted by molar-refractivity contribution is 9.10. The summed E-state index contributed by atoms with van der Waals surface area (Å²) < 4.78 is 84.3. The average molecular weight is 394 g/mol. The Bertz CT molecular complexity index is 628. The number of hydrogen-bond donors (Lipinski definition) is 2. The van der Waals surface area contributed by atoms with Crippen LogP contribution in [0.3, 0.4) is 0 Å². The molecule has 0 spiro atoms. The van der Waals surface area contributed by atoms with Gasteiger partial charge in [0.1, 0.15) is 0 Å². The van der Waals surface area contributed by atoms with E-state index in [1.807, 2.05) is 0 Å². The second-order valence-electron chi connectivity index (χ2n) is 4.36. The number of carboxylic acid groups (broad SMARTS) is 1. The van der Waals surface area contributed by atoms with Gasteiger partial charge in [0, 0.05) is 10.0 Å². The van der Waals surface area contributed by atoms with Crippen LogP contribution in [0.5, 0.6) is 0 Å². The van der Waals surface area contributed by atoms with Gasteiger partial charge in [0.15, 0.2) is 0 Å². The number of hydrogen-bond acceptors (Lipinski definition) is 3. The summed E-state index contributed by atoms with van der Waals surface area (Å²) in [6, 6.07) is 4.52. The maximum absolute atomic E-state index is 14.6. The van der Waals surface area contributed by atoms with Gasteiger partial charge in [0.2, 0.25) is 0 Å². The molecule has 1 heterocycles. The largest absolute Gasteiger partial charge is 0.478 e. The molecule has 1 aromatic carbocycles. The van der Waals surface area contributed by atoms with Crippen molar-refractivity contribution in [1.29, 1.82) is 0 Å². The van der Waals surface area contributed by atoms with Crippen LogP contribution in [-0.2, 0) is 15.5 Å². The zero-order valence-corrected chi connectivity index (χ0v) is 11.8. The van der Waals surface area contributed by atoms with E-state index in [2.05, 4.69) is 20.7 Å². The second kappa shape index (κ2) is 4.83. The molecule has 4 nitrogen and oxygen atoms in total. The predicted molar refractivity (Wildman–Crippen MR) is 62.5 cm³/mol. The van der Waals surface area contributed by atoms with E-state index in [9.17, 15) is 31.1 Å². The molecule has 11 heteroatoms. The van der Waals surface area contributed by atoms with Crippen LogP contribution in [0.4, 0.5) is 26.3 Å². The molecule has 22 heavy (non-hydrogen) atoms. The van der Waals surface area contributed by atoms with Crippen molar-refractivity contribution in [3.8, 4) is 0 Å². The molecule has 122 valence electrons. The van der Waals surface area contributed by atoms with Gasteiger partial charge in [-0.3, -0.25) is 4.74 Å². The van der Waals surface area contributed by atoms with E-state index >= 15 is 0 Å². The second-order valence-corrected chi connectivity index (χ2v) is 5.21. The van der Waals surface area contributed by atoms with Gasteiger partial charge in [-0.2, -0.15) is 22.0 Å². The first-order chi connectivity index (χ1) is 9.87. The van der Waals surface area contributed by atoms with Gasteiger partial charge in [-0.1, -0.05) is 34.1 Å². The van der Waals surface area contributed by atoms with Crippen LogP contribution in [0.15, 0.2) is 28.7 Å². The minimum atomic E-state index is -6.15. The van der Waals surface area contributed by atoms with E-state index in [0.29, 0.717) is 0 Å². The Balaban J connectivity index is 2.62. The molecule has 0 bridgehead atoms. The van der Waals surface area contributed by atoms with Crippen molar-refractivity contribution in [2.45, 2.75) is 23.8 Å². The molecule has 0 aliphatic carbocycles. The Morgan fingerprint density at radius 3 is 2.18 bits per heavy atom. The molecule has 0 aromatic heterocycles. The maximum Gasteiger partial charge on any atom is 0.454 e. The van der Waals surface area contributed by atoms with E-state index in [1.165, 1.54) is 6.07 Å². The lowest BCUT2D eigenvalue weighted by Crippen LogP contribution is -2.63. The molecular formula is C11H6BrF6NO3. The SMILES string of the molecule is O=C(O)C1(F)NC(F)(c2ccccc2Br)OC1(F)C(F)(F)F. The molecule has 0 radical (unpaired) electrons. The fraction of sp³-hybridized carbons (Fsp3) is 0.364. The van der Waals surface area contributed by atoms with Crippen LogP contribution >= 0.6 is 15.9 Å². The minimum absolute atomic E-state index is 0.191. The van der Waals surface area contributed by atoms with Gasteiger partial charge in [-0.15, -0.1) is 0 Å². The summed E-state index contributed by atoms with van der Waals surface area (Å²) in [6.45, 7) is 0. The molecule has 1 saturated heterocycles. The Morgan fingerprint density at radius 1 is 1.23 bits per heavy atom. The summed E-state index contributed by atoms with van der Waals surface area (Å²) in [5.41, 5.74) is -0.762. The van der Waals surface area contributed by atoms with E-state index in [-0.39, 0.29) is 4.47 Å². The Kier molecular flexibility index (Phi) is 3.74. The van der Waals surface area contributed by atoms with Gasteiger partial charge in [0.25, 0.3) is 0 Å². The number of halogens is 7. The summed E-state index contributed by atoms with van der Waals surface area (Å²) in [5.74, 6) is -17.1. The Labute approximate surface area is 127 Å². The maximum atomic E-state index is 14.6. The summed E-state index contributed by atoms with van der Waals surface area (Å²) in [5, 5.41) is 9.40. The molecule has 0 saturated carbocycles. The minimum Gasteiger partial charge on any atom is -0.478 e. The third-order valence-electron chi connectivity index (χ3n) is 2.94. The van der Waals surface area contributed by atoms with E-state index in [0.717, 1.165) is 23.5 Å². The van der Waals surface area contributed by atoms with Crippen LogP contribution < -0.4 is 5.32 Å². The van der Waals surface area contributed by atoms with Crippen molar-refractivity contribution >= 4 is 21.9 Å². The summed E-state index contributed by atoms with van der Waals surface area (Å²) in [4.78, 5) is 10.8. The summed E-state index contributed by atoms with van der Waals surface area (Å²) in [6.07, 6.45) is -6.15. The lowest BCUT2D eigenvalue weighted by Gasteiger charge is -2.28. The number of nitrogens with one attached hydrogen (secondary N) is 1. The summed E-state index contributed by atoms with van der Waals surface area (Å²) in [7, 11) is 0. The number of aliphatic carboxylic acids is 1. The molecule has 0 amide bonds. The quantitative estimate of drug-likeness (QED) is 0.598. The van der Waals surface area contributed by atoms with Crippen LogP contribution in [0.2, 0.25) is 0 Å². The van der Waals surface area contributed by atoms with Crippen molar-refractivity contribution < 1.29 is 41.0 Å². The zero-order valence-electron chi connectivity index (χ0n) is 10.2. The van der Waals surface area contributed by atoms with E-state index in [1.54, 1.807) is 0 Å². The molecule has 1 fully saturated rings. The van der Waals surface area contributed by atoms with E-state index < -0.39 is 35.3 Å². The molecule has 2 rings (SSSR count). The molecule has 3 atom stereocenters. The fourth-order valence-electron chi connectivity index (χ4n) is 1.88. The smallest absolute Gasteiger partial charge is 0.454 e. The van der Waals surface area contributed by atoms with Crippen LogP contribution in [0.1, 0.15) is 5.56 Å². The standard InChI is InChI=1S/C11H6BrF6NO3/c12-6-4-2-1-3-5(6)9(14)19-8(13,7(20)21)10(15,22-9)11(16,17)18/h1-4,19H,(H,20,21). The van der Waals surface area contributed by atoms with Crippen LogP contribution in [0, 0.1) is 0 Å². The molecule has 1 aromatic rings. The number of carbonyl (C=O) groups is 1. The first-order valence-electron chi connectivity index (χ1n) is 5.49. The van der Waals surface area contributed by atoms with Crippen molar-refractivity contribution in [1.82, 2.24) is 5.32 Å². The average Bonchev–Trinajstić information content (AvgIpc) is 2.59. The van der Waals surface area contributed by atoms with E-state index in [4.69, 9.17) is 5.11 Å². The van der Waals surface area contributed by atoms with Gasteiger partial charge in [-0.25, -0.2) is 14.5 Å². The highest BCUT2D eigenvalue weighted by atomic mass is 79.9. The molecule has 1 aliphatic rings. The first-order valence-corrected chi connectivity index (χ1v) is 6.28. The number of carboxylic acids is 1. The summed E-state index contributed by atoms with van der Waals surface area (Å²) >= 11 is 2.77. The zero-order chi connectivity index (χ0) is 17.0. The normalized spacial score (nSPS) is 35.6. The number of benzene rings is 1. The molecule has 2 N–H and O–H groups in total. The molecular weight excluding hydrogens is 388 g/mol. The first kappa shape index (κ1) is 17.0. The monoisotopic (exact) mass is 393 g/mol. The fourth-order valence-corrected chi connectivity index (χ4v) is 2.42. The van der Waals surface area contributed by atoms with Crippen molar-refractivity contribution in [2.75, 3.05) is 0 Å². The number of rotatable bonds is 2. The third kappa shape index (κ3) is 2.18. The Hall–Kier alpha value is -1.33. The van der Waals surface area contributed by atoms with Crippen molar-refractivity contribution in [3.63, 3.8) is 0 Å². The van der Waals surface area contributed by atoms with Gasteiger partial charge >= 0.3 is 29.8 Å². The number of alkyl halides is 6. The molecule has 1 aliphatic heterocycles. The third-order valence-corrected chi connectivity index (χ3v) is 3.63. The van der Waals surface area contributed by atoms with Crippen molar-refractivity contribution in [3.05, 3.63) is 34.3 Å².